The maximum absolute atomic E-state index is 11.7. The lowest BCUT2D eigenvalue weighted by atomic mass is 10.2. The molecule has 0 atom stereocenters. The summed E-state index contributed by atoms with van der Waals surface area (Å²) >= 11 is 3.49. The van der Waals surface area contributed by atoms with Gasteiger partial charge >= 0.3 is 0 Å². The molecule has 8 heteroatoms. The van der Waals surface area contributed by atoms with Crippen molar-refractivity contribution in [1.29, 1.82) is 0 Å². The standard InChI is InChI=1S/C17H18BrN5O2/c1-11-7-16(24)17(25)15(22(11)2)9-19-8-12-10-23(21-20-12)14-6-4-3-5-13(14)18/h3-7,10,19,25H,8-9H2,1-2H3. The summed E-state index contributed by atoms with van der Waals surface area (Å²) in [7, 11) is 1.81. The Balaban J connectivity index is 1.70. The summed E-state index contributed by atoms with van der Waals surface area (Å²) in [6.07, 6.45) is 1.84. The molecule has 0 aliphatic heterocycles. The van der Waals surface area contributed by atoms with E-state index in [0.717, 1.165) is 21.5 Å². The number of halogens is 1. The van der Waals surface area contributed by atoms with Gasteiger partial charge in [-0.3, -0.25) is 4.79 Å². The minimum atomic E-state index is -0.368. The molecule has 1 aromatic carbocycles. The van der Waals surface area contributed by atoms with Crippen LogP contribution in [0.1, 0.15) is 17.1 Å². The van der Waals surface area contributed by atoms with Crippen LogP contribution in [0, 0.1) is 6.92 Å². The minimum Gasteiger partial charge on any atom is -0.503 e. The average Bonchev–Trinajstić information content (AvgIpc) is 3.05. The molecule has 0 fully saturated rings. The van der Waals surface area contributed by atoms with E-state index < -0.39 is 0 Å². The Hall–Kier alpha value is -2.45. The fourth-order valence-corrected chi connectivity index (χ4v) is 2.98. The number of hydrogen-bond acceptors (Lipinski definition) is 5. The summed E-state index contributed by atoms with van der Waals surface area (Å²) < 4.78 is 4.42. The van der Waals surface area contributed by atoms with E-state index >= 15 is 0 Å². The average molecular weight is 404 g/mol. The molecule has 0 bridgehead atoms. The highest BCUT2D eigenvalue weighted by Gasteiger charge is 2.11. The third kappa shape index (κ3) is 3.64. The van der Waals surface area contributed by atoms with Gasteiger partial charge in [-0.2, -0.15) is 0 Å². The Morgan fingerprint density at radius 1 is 1.28 bits per heavy atom. The van der Waals surface area contributed by atoms with Crippen molar-refractivity contribution in [1.82, 2.24) is 24.9 Å². The number of hydrogen-bond donors (Lipinski definition) is 2. The number of para-hydroxylation sites is 1. The van der Waals surface area contributed by atoms with Crippen molar-refractivity contribution in [3.8, 4) is 11.4 Å². The molecular formula is C17H18BrN5O2. The molecule has 0 amide bonds. The van der Waals surface area contributed by atoms with Crippen LogP contribution in [-0.2, 0) is 20.1 Å². The Morgan fingerprint density at radius 2 is 2.04 bits per heavy atom. The van der Waals surface area contributed by atoms with Gasteiger partial charge in [0.25, 0.3) is 0 Å². The summed E-state index contributed by atoms with van der Waals surface area (Å²) in [5.74, 6) is -0.225. The lowest BCUT2D eigenvalue weighted by Gasteiger charge is -2.13. The number of aryl methyl sites for hydroxylation is 1. The topological polar surface area (TPSA) is 85.0 Å². The van der Waals surface area contributed by atoms with Crippen molar-refractivity contribution in [3.63, 3.8) is 0 Å². The van der Waals surface area contributed by atoms with Crippen molar-refractivity contribution in [2.45, 2.75) is 20.0 Å². The predicted molar refractivity (Wildman–Crippen MR) is 97.7 cm³/mol. The second-order valence-electron chi connectivity index (χ2n) is 5.71. The molecule has 0 aliphatic carbocycles. The zero-order chi connectivity index (χ0) is 18.0. The lowest BCUT2D eigenvalue weighted by molar-refractivity contribution is 0.445. The monoisotopic (exact) mass is 403 g/mol. The number of rotatable bonds is 5. The van der Waals surface area contributed by atoms with Gasteiger partial charge in [0.05, 0.1) is 23.3 Å². The van der Waals surface area contributed by atoms with Crippen LogP contribution in [-0.4, -0.2) is 24.7 Å². The minimum absolute atomic E-state index is 0.225. The quantitative estimate of drug-likeness (QED) is 0.680. The summed E-state index contributed by atoms with van der Waals surface area (Å²) in [4.78, 5) is 11.7. The number of nitrogens with zero attached hydrogens (tertiary/aromatic N) is 4. The summed E-state index contributed by atoms with van der Waals surface area (Å²) in [5.41, 5.74) is 2.63. The second kappa shape index (κ2) is 7.20. The first-order valence-corrected chi connectivity index (χ1v) is 8.52. The molecule has 0 aliphatic rings. The van der Waals surface area contributed by atoms with Gasteiger partial charge in [-0.05, 0) is 35.0 Å². The second-order valence-corrected chi connectivity index (χ2v) is 6.57. The molecule has 0 spiro atoms. The molecule has 2 aromatic heterocycles. The van der Waals surface area contributed by atoms with Crippen LogP contribution in [0.25, 0.3) is 5.69 Å². The largest absolute Gasteiger partial charge is 0.503 e. The lowest BCUT2D eigenvalue weighted by Crippen LogP contribution is -2.20. The summed E-state index contributed by atoms with van der Waals surface area (Å²) in [5, 5.41) is 21.4. The third-order valence-corrected chi connectivity index (χ3v) is 4.69. The highest BCUT2D eigenvalue weighted by Crippen LogP contribution is 2.19. The van der Waals surface area contributed by atoms with Crippen molar-refractivity contribution in [3.05, 3.63) is 68.3 Å². The molecule has 3 aromatic rings. The SMILES string of the molecule is Cc1cc(=O)c(O)c(CNCc2cn(-c3ccccc3Br)nn2)n1C. The van der Waals surface area contributed by atoms with E-state index in [-0.39, 0.29) is 11.2 Å². The molecular weight excluding hydrogens is 386 g/mol. The smallest absolute Gasteiger partial charge is 0.223 e. The number of nitrogens with one attached hydrogen (secondary N) is 1. The van der Waals surface area contributed by atoms with Gasteiger partial charge in [-0.1, -0.05) is 17.3 Å². The fourth-order valence-electron chi connectivity index (χ4n) is 2.51. The van der Waals surface area contributed by atoms with Gasteiger partial charge in [-0.25, -0.2) is 4.68 Å². The maximum atomic E-state index is 11.7. The van der Waals surface area contributed by atoms with E-state index in [1.165, 1.54) is 6.07 Å². The molecule has 3 rings (SSSR count). The van der Waals surface area contributed by atoms with Gasteiger partial charge in [0, 0.05) is 36.4 Å². The van der Waals surface area contributed by atoms with Gasteiger partial charge in [0.15, 0.2) is 5.75 Å². The van der Waals surface area contributed by atoms with Crippen LogP contribution < -0.4 is 10.7 Å². The number of pyridine rings is 1. The van der Waals surface area contributed by atoms with Crippen molar-refractivity contribution in [2.75, 3.05) is 0 Å². The van der Waals surface area contributed by atoms with E-state index in [9.17, 15) is 9.90 Å². The highest BCUT2D eigenvalue weighted by atomic mass is 79.9. The molecule has 7 nitrogen and oxygen atoms in total. The Bertz CT molecular complexity index is 964. The van der Waals surface area contributed by atoms with E-state index in [1.54, 1.807) is 9.25 Å². The van der Waals surface area contributed by atoms with E-state index in [4.69, 9.17) is 0 Å². The van der Waals surface area contributed by atoms with E-state index in [0.29, 0.717) is 18.8 Å². The molecule has 0 radical (unpaired) electrons. The summed E-state index contributed by atoms with van der Waals surface area (Å²) in [6, 6.07) is 9.17. The van der Waals surface area contributed by atoms with Gasteiger partial charge < -0.3 is 15.0 Å². The molecule has 0 saturated heterocycles. The number of aromatic nitrogens is 4. The number of benzene rings is 1. The fraction of sp³-hybridized carbons (Fsp3) is 0.235. The first kappa shape index (κ1) is 17.4. The molecule has 0 saturated carbocycles. The van der Waals surface area contributed by atoms with Crippen molar-refractivity contribution < 1.29 is 5.11 Å². The molecule has 2 N–H and O–H groups in total. The maximum Gasteiger partial charge on any atom is 0.223 e. The number of aromatic hydroxyl groups is 1. The van der Waals surface area contributed by atoms with Gasteiger partial charge in [-0.15, -0.1) is 5.10 Å². The Kier molecular flexibility index (Phi) is 5.00. The third-order valence-electron chi connectivity index (χ3n) is 4.02. The molecule has 0 unspecified atom stereocenters. The normalized spacial score (nSPS) is 11.0. The first-order valence-electron chi connectivity index (χ1n) is 7.72. The van der Waals surface area contributed by atoms with Crippen LogP contribution >= 0.6 is 15.9 Å². The predicted octanol–water partition coefficient (Wildman–Crippen LogP) is 2.03. The molecule has 25 heavy (non-hydrogen) atoms. The zero-order valence-corrected chi connectivity index (χ0v) is 15.5. The summed E-state index contributed by atoms with van der Waals surface area (Å²) in [6.45, 7) is 2.64. The van der Waals surface area contributed by atoms with Crippen LogP contribution in [0.2, 0.25) is 0 Å². The van der Waals surface area contributed by atoms with Crippen LogP contribution in [0.4, 0.5) is 0 Å². The van der Waals surface area contributed by atoms with Gasteiger partial charge in [0.2, 0.25) is 5.43 Å². The van der Waals surface area contributed by atoms with E-state index in [1.807, 2.05) is 44.4 Å². The van der Waals surface area contributed by atoms with Crippen LogP contribution in [0.3, 0.4) is 0 Å². The Labute approximate surface area is 153 Å². The van der Waals surface area contributed by atoms with Crippen LogP contribution in [0.15, 0.2) is 45.8 Å². The molecule has 2 heterocycles. The van der Waals surface area contributed by atoms with Crippen molar-refractivity contribution >= 4 is 15.9 Å². The zero-order valence-electron chi connectivity index (χ0n) is 13.9. The first-order chi connectivity index (χ1) is 12.0. The van der Waals surface area contributed by atoms with Crippen molar-refractivity contribution in [2.24, 2.45) is 7.05 Å². The van der Waals surface area contributed by atoms with E-state index in [2.05, 4.69) is 31.6 Å². The molecule has 130 valence electrons. The van der Waals surface area contributed by atoms with Crippen LogP contribution in [0.5, 0.6) is 5.75 Å². The van der Waals surface area contributed by atoms with Gasteiger partial charge in [0.1, 0.15) is 0 Å². The Morgan fingerprint density at radius 3 is 2.80 bits per heavy atom. The highest BCUT2D eigenvalue weighted by molar-refractivity contribution is 9.10.